The monoisotopic (exact) mass is 910 g/mol. The number of aromatic nitrogens is 2. The van der Waals surface area contributed by atoms with Gasteiger partial charge in [0.1, 0.15) is 0 Å². The normalized spacial score (nSPS) is 29.6. The minimum atomic E-state index is -0.760. The molecule has 14 nitrogen and oxygen atoms in total. The summed E-state index contributed by atoms with van der Waals surface area (Å²) < 4.78 is 0. The molecule has 6 fully saturated rings. The van der Waals surface area contributed by atoms with Gasteiger partial charge in [0.25, 0.3) is 11.8 Å². The molecule has 4 heterocycles. The van der Waals surface area contributed by atoms with Crippen LogP contribution in [0.3, 0.4) is 0 Å². The lowest BCUT2D eigenvalue weighted by molar-refractivity contribution is -0.133. The predicted molar refractivity (Wildman–Crippen MR) is 251 cm³/mol. The molecule has 0 spiro atoms. The summed E-state index contributed by atoms with van der Waals surface area (Å²) in [5.41, 5.74) is 5.03. The average molecular weight is 911 g/mol. The van der Waals surface area contributed by atoms with Crippen LogP contribution in [0.2, 0.25) is 0 Å². The number of carbonyl (C=O) groups is 6. The van der Waals surface area contributed by atoms with Crippen LogP contribution in [-0.2, 0) is 19.2 Å². The van der Waals surface area contributed by atoms with Crippen molar-refractivity contribution in [3.8, 4) is 0 Å². The van der Waals surface area contributed by atoms with Crippen LogP contribution in [0.25, 0.3) is 0 Å². The van der Waals surface area contributed by atoms with Gasteiger partial charge in [0.2, 0.25) is 23.6 Å². The molecular weight excluding hydrogens is 857 g/mol. The quantitative estimate of drug-likeness (QED) is 0.125. The van der Waals surface area contributed by atoms with Crippen LogP contribution in [0, 0.1) is 23.7 Å². The fourth-order valence-corrected chi connectivity index (χ4v) is 10.8. The molecule has 4 saturated carbocycles. The van der Waals surface area contributed by atoms with Crippen LogP contribution < -0.4 is 21.3 Å². The smallest absolute Gasteiger partial charge is 0.253 e. The molecule has 11 rings (SSSR count). The van der Waals surface area contributed by atoms with Gasteiger partial charge < -0.3 is 31.1 Å². The molecule has 2 saturated heterocycles. The zero-order valence-electron chi connectivity index (χ0n) is 37.5. The van der Waals surface area contributed by atoms with E-state index in [1.165, 1.54) is 0 Å². The van der Waals surface area contributed by atoms with E-state index >= 15 is 0 Å². The maximum atomic E-state index is 14.2. The number of carbonyl (C=O) groups excluding carboxylic acids is 6. The van der Waals surface area contributed by atoms with E-state index in [2.05, 4.69) is 55.5 Å². The largest absolute Gasteiger partial charge is 0.352 e. The Morgan fingerprint density at radius 1 is 0.382 bits per heavy atom. The van der Waals surface area contributed by atoms with E-state index < -0.39 is 23.7 Å². The summed E-state index contributed by atoms with van der Waals surface area (Å²) in [6, 6.07) is 33.9. The minimum Gasteiger partial charge on any atom is -0.352 e. The standard InChI is InChI=1S/C54H54N8O6/c63-49(57-45-21-37(45)31-9-3-1-4-10-31)41-27-61(28-42(41)50(64)58-46-22-38(46)32-11-5-2-6-12-32)53(67)33-15-17-34(18-16-33)54(68)62-29-43(51(65)59-47-23-39(47)35-13-7-19-55-25-35)44(30-62)52(66)60-48-24-40(48)36-14-8-20-56-26-36/h1-20,25-26,37-48H,21-24,27-30H2,(H,57,63)(H,58,64)(H,59,65)(H,60,66)/t37-,38-,39+,40+,41-,42-,43-,44-,45+,46+,47-,48?/m1/s1. The number of nitrogens with zero attached hydrogens (tertiary/aromatic N) is 4. The van der Waals surface area contributed by atoms with Crippen LogP contribution in [0.5, 0.6) is 0 Å². The van der Waals surface area contributed by atoms with Crippen molar-refractivity contribution in [2.45, 2.75) is 73.5 Å². The number of benzene rings is 3. The van der Waals surface area contributed by atoms with Gasteiger partial charge in [-0.15, -0.1) is 0 Å². The summed E-state index contributed by atoms with van der Waals surface area (Å²) >= 11 is 0. The number of nitrogens with one attached hydrogen (secondary N) is 4. The van der Waals surface area contributed by atoms with Gasteiger partial charge in [-0.25, -0.2) is 0 Å². The summed E-state index contributed by atoms with van der Waals surface area (Å²) in [5, 5.41) is 12.7. The Hall–Kier alpha value is -7.22. The van der Waals surface area contributed by atoms with Gasteiger partial charge in [0.05, 0.1) is 23.7 Å². The molecule has 14 heteroatoms. The Labute approximate surface area is 394 Å². The molecule has 0 bridgehead atoms. The number of likely N-dealkylation sites (tertiary alicyclic amines) is 2. The van der Waals surface area contributed by atoms with Gasteiger partial charge in [-0.1, -0.05) is 72.8 Å². The van der Waals surface area contributed by atoms with Crippen molar-refractivity contribution in [1.82, 2.24) is 41.0 Å². The number of hydrogen-bond donors (Lipinski definition) is 4. The van der Waals surface area contributed by atoms with E-state index in [0.29, 0.717) is 11.1 Å². The highest BCUT2D eigenvalue weighted by Gasteiger charge is 2.51. The topological polar surface area (TPSA) is 183 Å². The maximum absolute atomic E-state index is 14.2. The molecule has 2 aromatic heterocycles. The maximum Gasteiger partial charge on any atom is 0.253 e. The summed E-state index contributed by atoms with van der Waals surface area (Å²) in [7, 11) is 0. The first-order chi connectivity index (χ1) is 33.2. The fourth-order valence-electron chi connectivity index (χ4n) is 10.8. The summed E-state index contributed by atoms with van der Waals surface area (Å²) in [6.45, 7) is 0.274. The lowest BCUT2D eigenvalue weighted by atomic mass is 9.94. The summed E-state index contributed by atoms with van der Waals surface area (Å²) in [6.07, 6.45) is 10.2. The molecule has 3 aromatic carbocycles. The van der Waals surface area contributed by atoms with Crippen molar-refractivity contribution in [3.63, 3.8) is 0 Å². The Morgan fingerprint density at radius 3 is 0.971 bits per heavy atom. The van der Waals surface area contributed by atoms with Gasteiger partial charge in [0, 0.05) is 110 Å². The lowest BCUT2D eigenvalue weighted by Gasteiger charge is -2.18. The molecule has 2 aliphatic heterocycles. The third kappa shape index (κ3) is 9.11. The first-order valence-electron chi connectivity index (χ1n) is 24.0. The number of amides is 6. The zero-order valence-corrected chi connectivity index (χ0v) is 37.5. The van der Waals surface area contributed by atoms with E-state index in [4.69, 9.17) is 0 Å². The fraction of sp³-hybridized carbons (Fsp3) is 0.370. The van der Waals surface area contributed by atoms with Crippen LogP contribution in [-0.4, -0.2) is 106 Å². The van der Waals surface area contributed by atoms with Crippen LogP contribution in [0.1, 0.15) is 92.3 Å². The molecule has 6 amide bonds. The Morgan fingerprint density at radius 2 is 0.676 bits per heavy atom. The van der Waals surface area contributed by atoms with E-state index in [0.717, 1.165) is 47.9 Å². The number of pyridine rings is 2. The molecule has 68 heavy (non-hydrogen) atoms. The second-order valence-electron chi connectivity index (χ2n) is 19.6. The number of rotatable bonds is 14. The highest BCUT2D eigenvalue weighted by atomic mass is 16.2. The molecular formula is C54H54N8O6. The molecule has 4 N–H and O–H groups in total. The Bertz CT molecular complexity index is 2370. The van der Waals surface area contributed by atoms with Crippen molar-refractivity contribution < 1.29 is 28.8 Å². The van der Waals surface area contributed by atoms with Crippen molar-refractivity contribution in [1.29, 1.82) is 0 Å². The molecule has 1 unspecified atom stereocenters. The first kappa shape index (κ1) is 43.4. The third-order valence-electron chi connectivity index (χ3n) is 15.1. The van der Waals surface area contributed by atoms with Crippen molar-refractivity contribution in [3.05, 3.63) is 167 Å². The van der Waals surface area contributed by atoms with Crippen molar-refractivity contribution in [2.24, 2.45) is 23.7 Å². The van der Waals surface area contributed by atoms with Gasteiger partial charge in [0.15, 0.2) is 0 Å². The average Bonchev–Trinajstić information content (AvgIpc) is 4.31. The lowest BCUT2D eigenvalue weighted by Crippen LogP contribution is -2.43. The van der Waals surface area contributed by atoms with Gasteiger partial charge in [-0.05, 0) is 84.3 Å². The Kier molecular flexibility index (Phi) is 11.5. The van der Waals surface area contributed by atoms with E-state index in [9.17, 15) is 28.8 Å². The van der Waals surface area contributed by atoms with Crippen LogP contribution >= 0.6 is 0 Å². The Balaban J connectivity index is 0.756. The predicted octanol–water partition coefficient (Wildman–Crippen LogP) is 4.54. The molecule has 6 aliphatic rings. The first-order valence-corrected chi connectivity index (χ1v) is 24.0. The van der Waals surface area contributed by atoms with Gasteiger partial charge >= 0.3 is 0 Å². The molecule has 12 atom stereocenters. The van der Waals surface area contributed by atoms with Crippen LogP contribution in [0.4, 0.5) is 0 Å². The van der Waals surface area contributed by atoms with E-state index in [1.807, 2.05) is 60.7 Å². The number of hydrogen-bond acceptors (Lipinski definition) is 8. The SMILES string of the molecule is O=C(NC1C[C@H]1c1cccnc1)[C@@H]1CN(C(=O)c2ccc(C(=O)N3C[C@@H](C(=O)N[C@H]4C[C@@H]4c4ccccc4)[C@H](C(=O)N[C@H]4C[C@@H]4c4ccccc4)C3)cc2)C[C@H]1C(=O)N[C@@H]1C[C@H]1c1cccnc1. The molecule has 5 aromatic rings. The van der Waals surface area contributed by atoms with Gasteiger partial charge in [-0.3, -0.25) is 38.7 Å². The van der Waals surface area contributed by atoms with E-state index in [1.54, 1.807) is 58.9 Å². The third-order valence-corrected chi connectivity index (χ3v) is 15.1. The molecule has 4 aliphatic carbocycles. The molecule has 0 radical (unpaired) electrons. The van der Waals surface area contributed by atoms with Gasteiger partial charge in [-0.2, -0.15) is 0 Å². The highest BCUT2D eigenvalue weighted by Crippen LogP contribution is 2.44. The van der Waals surface area contributed by atoms with E-state index in [-0.39, 0.29) is 109 Å². The second-order valence-corrected chi connectivity index (χ2v) is 19.6. The van der Waals surface area contributed by atoms with Crippen molar-refractivity contribution in [2.75, 3.05) is 26.2 Å². The summed E-state index contributed by atoms with van der Waals surface area (Å²) in [4.78, 5) is 95.8. The zero-order chi connectivity index (χ0) is 46.5. The summed E-state index contributed by atoms with van der Waals surface area (Å²) in [5.74, 6) is -3.98. The minimum absolute atomic E-state index is 0.0369. The molecule has 346 valence electrons. The highest BCUT2D eigenvalue weighted by molar-refractivity contribution is 6.00. The van der Waals surface area contributed by atoms with Crippen LogP contribution in [0.15, 0.2) is 134 Å². The second kappa shape index (κ2) is 18.1. The van der Waals surface area contributed by atoms with Crippen molar-refractivity contribution >= 4 is 35.4 Å².